The van der Waals surface area contributed by atoms with Gasteiger partial charge in [-0.1, -0.05) is 285 Å². The molecule has 0 aromatic heterocycles. The monoisotopic (exact) mass is 905 g/mol. The van der Waals surface area contributed by atoms with Crippen LogP contribution in [0, 0.1) is 11.8 Å². The second-order valence-electron chi connectivity index (χ2n) is 20.9. The molecule has 0 N–H and O–H groups in total. The van der Waals surface area contributed by atoms with E-state index in [1.807, 2.05) is 0 Å². The first-order valence-corrected chi connectivity index (χ1v) is 28.7. The van der Waals surface area contributed by atoms with Crippen LogP contribution in [-0.4, -0.2) is 37.2 Å². The lowest BCUT2D eigenvalue weighted by Gasteiger charge is -2.18. The Morgan fingerprint density at radius 1 is 0.297 bits per heavy atom. The van der Waals surface area contributed by atoms with Crippen LogP contribution in [-0.2, 0) is 28.6 Å². The Morgan fingerprint density at radius 3 is 0.766 bits per heavy atom. The summed E-state index contributed by atoms with van der Waals surface area (Å²) >= 11 is 0. The van der Waals surface area contributed by atoms with Crippen LogP contribution in [0.4, 0.5) is 0 Å². The second-order valence-corrected chi connectivity index (χ2v) is 20.9. The van der Waals surface area contributed by atoms with Gasteiger partial charge in [-0.3, -0.25) is 14.4 Å². The van der Waals surface area contributed by atoms with Crippen molar-refractivity contribution in [2.45, 2.75) is 330 Å². The van der Waals surface area contributed by atoms with Gasteiger partial charge in [0, 0.05) is 19.3 Å². The number of ether oxygens (including phenoxy) is 3. The smallest absolute Gasteiger partial charge is 0.306 e. The average Bonchev–Trinajstić information content (AvgIpc) is 3.27. The summed E-state index contributed by atoms with van der Waals surface area (Å²) < 4.78 is 16.9. The molecule has 0 aromatic rings. The normalized spacial score (nSPS) is 12.0. The Labute approximate surface area is 399 Å². The summed E-state index contributed by atoms with van der Waals surface area (Å²) in [7, 11) is 0. The van der Waals surface area contributed by atoms with Gasteiger partial charge in [0.25, 0.3) is 0 Å². The first-order valence-electron chi connectivity index (χ1n) is 28.7. The van der Waals surface area contributed by atoms with Gasteiger partial charge in [-0.2, -0.15) is 0 Å². The van der Waals surface area contributed by atoms with E-state index in [2.05, 4.69) is 34.6 Å². The topological polar surface area (TPSA) is 78.9 Å². The number of rotatable bonds is 52. The number of carbonyl (C=O) groups is 3. The highest BCUT2D eigenvalue weighted by Crippen LogP contribution is 2.18. The van der Waals surface area contributed by atoms with Crippen LogP contribution in [0.5, 0.6) is 0 Å². The summed E-state index contributed by atoms with van der Waals surface area (Å²) in [6.07, 6.45) is 53.8. The summed E-state index contributed by atoms with van der Waals surface area (Å²) in [4.78, 5) is 38.1. The zero-order valence-corrected chi connectivity index (χ0v) is 43.9. The first kappa shape index (κ1) is 62.4. The number of esters is 3. The van der Waals surface area contributed by atoms with Crippen LogP contribution in [0.15, 0.2) is 0 Å². The van der Waals surface area contributed by atoms with Crippen molar-refractivity contribution in [3.63, 3.8) is 0 Å². The van der Waals surface area contributed by atoms with E-state index in [4.69, 9.17) is 14.2 Å². The van der Waals surface area contributed by atoms with Crippen LogP contribution in [0.2, 0.25) is 0 Å². The molecule has 0 aliphatic carbocycles. The van der Waals surface area contributed by atoms with E-state index >= 15 is 0 Å². The van der Waals surface area contributed by atoms with Gasteiger partial charge in [0.15, 0.2) is 6.10 Å². The van der Waals surface area contributed by atoms with E-state index in [1.165, 1.54) is 212 Å². The third-order valence-corrected chi connectivity index (χ3v) is 13.2. The lowest BCUT2D eigenvalue weighted by atomic mass is 10.0. The van der Waals surface area contributed by atoms with E-state index in [0.717, 1.165) is 69.6 Å². The molecule has 0 unspecified atom stereocenters. The minimum absolute atomic E-state index is 0.0627. The minimum Gasteiger partial charge on any atom is -0.462 e. The summed E-state index contributed by atoms with van der Waals surface area (Å²) in [5, 5.41) is 0. The van der Waals surface area contributed by atoms with Crippen molar-refractivity contribution < 1.29 is 28.6 Å². The Balaban J connectivity index is 4.27. The van der Waals surface area contributed by atoms with Crippen molar-refractivity contribution in [2.24, 2.45) is 11.8 Å². The van der Waals surface area contributed by atoms with Crippen LogP contribution < -0.4 is 0 Å². The Bertz CT molecular complexity index is 978. The largest absolute Gasteiger partial charge is 0.462 e. The molecular weight excluding hydrogens is 793 g/mol. The molecule has 0 aliphatic rings. The molecule has 1 atom stereocenters. The van der Waals surface area contributed by atoms with Crippen LogP contribution in [0.25, 0.3) is 0 Å². The molecular formula is C58H112O6. The van der Waals surface area contributed by atoms with Gasteiger partial charge in [0.2, 0.25) is 0 Å². The number of carbonyl (C=O) groups excluding carboxylic acids is 3. The van der Waals surface area contributed by atoms with Crippen LogP contribution in [0.3, 0.4) is 0 Å². The maximum atomic E-state index is 12.8. The molecule has 0 spiro atoms. The number of hydrogen-bond acceptors (Lipinski definition) is 6. The SMILES string of the molecule is CCCCCCCCCCCCCCCC(=O)OC[C@H](COC(=O)CCCCCCCCCCCCCCCCCCC(C)C)OC(=O)CCCCCCCCCCCCCC(C)C. The van der Waals surface area contributed by atoms with Gasteiger partial charge >= 0.3 is 17.9 Å². The maximum absolute atomic E-state index is 12.8. The number of unbranched alkanes of at least 4 members (excludes halogenated alkanes) is 37. The van der Waals surface area contributed by atoms with Crippen LogP contribution in [0.1, 0.15) is 324 Å². The highest BCUT2D eigenvalue weighted by molar-refractivity contribution is 5.71. The quantitative estimate of drug-likeness (QED) is 0.0344. The molecule has 6 heteroatoms. The van der Waals surface area contributed by atoms with E-state index in [0.29, 0.717) is 19.3 Å². The lowest BCUT2D eigenvalue weighted by molar-refractivity contribution is -0.167. The molecule has 0 saturated carbocycles. The molecule has 6 nitrogen and oxygen atoms in total. The Kier molecular flexibility index (Phi) is 49.6. The van der Waals surface area contributed by atoms with Gasteiger partial charge in [-0.25, -0.2) is 0 Å². The zero-order chi connectivity index (χ0) is 46.8. The van der Waals surface area contributed by atoms with E-state index < -0.39 is 6.10 Å². The zero-order valence-electron chi connectivity index (χ0n) is 43.9. The molecule has 0 aromatic carbocycles. The average molecular weight is 906 g/mol. The van der Waals surface area contributed by atoms with E-state index in [1.54, 1.807) is 0 Å². The fourth-order valence-electron chi connectivity index (χ4n) is 8.87. The molecule has 0 saturated heterocycles. The van der Waals surface area contributed by atoms with Crippen molar-refractivity contribution in [2.75, 3.05) is 13.2 Å². The molecule has 64 heavy (non-hydrogen) atoms. The lowest BCUT2D eigenvalue weighted by Crippen LogP contribution is -2.30. The molecule has 380 valence electrons. The molecule has 0 amide bonds. The first-order chi connectivity index (χ1) is 31.2. The molecule has 0 bridgehead atoms. The molecule has 0 heterocycles. The van der Waals surface area contributed by atoms with Crippen molar-refractivity contribution in [3.8, 4) is 0 Å². The van der Waals surface area contributed by atoms with E-state index in [-0.39, 0.29) is 31.1 Å². The van der Waals surface area contributed by atoms with Crippen molar-refractivity contribution in [1.29, 1.82) is 0 Å². The fourth-order valence-corrected chi connectivity index (χ4v) is 8.87. The van der Waals surface area contributed by atoms with Gasteiger partial charge in [0.1, 0.15) is 13.2 Å². The summed E-state index contributed by atoms with van der Waals surface area (Å²) in [6, 6.07) is 0. The predicted octanol–water partition coefficient (Wildman–Crippen LogP) is 18.9. The standard InChI is InChI=1S/C58H112O6/c1-6-7-8-9-10-11-12-17-23-28-33-38-43-48-56(59)62-51-55(64-58(61)50-45-40-35-30-25-20-22-27-32-37-42-47-54(4)5)52-63-57(60)49-44-39-34-29-24-19-16-14-13-15-18-21-26-31-36-41-46-53(2)3/h53-55H,6-52H2,1-5H3/t55-/m1/s1. The molecule has 0 rings (SSSR count). The van der Waals surface area contributed by atoms with Gasteiger partial charge in [-0.15, -0.1) is 0 Å². The summed E-state index contributed by atoms with van der Waals surface area (Å²) in [5.41, 5.74) is 0. The van der Waals surface area contributed by atoms with Crippen molar-refractivity contribution >= 4 is 17.9 Å². The Morgan fingerprint density at radius 2 is 0.516 bits per heavy atom. The fraction of sp³-hybridized carbons (Fsp3) is 0.948. The van der Waals surface area contributed by atoms with Gasteiger partial charge < -0.3 is 14.2 Å². The maximum Gasteiger partial charge on any atom is 0.306 e. The highest BCUT2D eigenvalue weighted by Gasteiger charge is 2.19. The third kappa shape index (κ3) is 51.4. The third-order valence-electron chi connectivity index (χ3n) is 13.2. The van der Waals surface area contributed by atoms with Gasteiger partial charge in [-0.05, 0) is 31.1 Å². The molecule has 0 aliphatic heterocycles. The molecule has 0 fully saturated rings. The van der Waals surface area contributed by atoms with Crippen molar-refractivity contribution in [1.82, 2.24) is 0 Å². The minimum atomic E-state index is -0.762. The Hall–Kier alpha value is -1.59. The predicted molar refractivity (Wildman–Crippen MR) is 275 cm³/mol. The summed E-state index contributed by atoms with van der Waals surface area (Å²) in [5.74, 6) is 0.838. The highest BCUT2D eigenvalue weighted by atomic mass is 16.6. The number of hydrogen-bond donors (Lipinski definition) is 0. The molecule has 0 radical (unpaired) electrons. The summed E-state index contributed by atoms with van der Waals surface area (Å²) in [6.45, 7) is 11.4. The van der Waals surface area contributed by atoms with Crippen LogP contribution >= 0.6 is 0 Å². The second kappa shape index (κ2) is 50.8. The van der Waals surface area contributed by atoms with E-state index in [9.17, 15) is 14.4 Å². The van der Waals surface area contributed by atoms with Gasteiger partial charge in [0.05, 0.1) is 0 Å². The van der Waals surface area contributed by atoms with Crippen molar-refractivity contribution in [3.05, 3.63) is 0 Å².